The van der Waals surface area contributed by atoms with Crippen LogP contribution in [0.25, 0.3) is 11.4 Å². The van der Waals surface area contributed by atoms with Crippen molar-refractivity contribution in [2.45, 2.75) is 4.90 Å². The third-order valence-corrected chi connectivity index (χ3v) is 4.89. The third kappa shape index (κ3) is 3.90. The van der Waals surface area contributed by atoms with Gasteiger partial charge >= 0.3 is 5.97 Å². The van der Waals surface area contributed by atoms with Gasteiger partial charge in [0.25, 0.3) is 10.0 Å². The van der Waals surface area contributed by atoms with E-state index in [1.165, 1.54) is 24.3 Å². The lowest BCUT2D eigenvalue weighted by Gasteiger charge is -2.10. The van der Waals surface area contributed by atoms with Gasteiger partial charge in [0.05, 0.1) is 10.6 Å². The number of carboxylic acid groups (broad SMARTS) is 1. The fraction of sp³-hybridized carbons (Fsp3) is 0. The average Bonchev–Trinajstić information content (AvgIpc) is 2.61. The maximum absolute atomic E-state index is 13.7. The van der Waals surface area contributed by atoms with Crippen LogP contribution >= 0.6 is 0 Å². The minimum Gasteiger partial charge on any atom is -0.477 e. The highest BCUT2D eigenvalue weighted by molar-refractivity contribution is 7.92. The molecular weight excluding hydrogens is 380 g/mol. The summed E-state index contributed by atoms with van der Waals surface area (Å²) >= 11 is 0. The molecule has 1 heterocycles. The number of aromatic nitrogens is 2. The Balaban J connectivity index is 1.88. The van der Waals surface area contributed by atoms with E-state index in [2.05, 4.69) is 9.97 Å². The number of anilines is 1. The van der Waals surface area contributed by atoms with Crippen LogP contribution in [-0.2, 0) is 10.0 Å². The maximum atomic E-state index is 13.7. The normalized spacial score (nSPS) is 11.2. The van der Waals surface area contributed by atoms with E-state index in [-0.39, 0.29) is 4.90 Å². The molecule has 27 heavy (non-hydrogen) atoms. The Kier molecular flexibility index (Phi) is 4.82. The molecule has 2 aromatic carbocycles. The first-order valence-electron chi connectivity index (χ1n) is 7.40. The molecule has 0 fully saturated rings. The summed E-state index contributed by atoms with van der Waals surface area (Å²) < 4.78 is 54.2. The van der Waals surface area contributed by atoms with Gasteiger partial charge in [-0.3, -0.25) is 4.72 Å². The van der Waals surface area contributed by atoms with Crippen molar-refractivity contribution >= 4 is 21.7 Å². The Morgan fingerprint density at radius 2 is 1.56 bits per heavy atom. The number of aromatic carboxylic acids is 1. The summed E-state index contributed by atoms with van der Waals surface area (Å²) in [4.78, 5) is 18.7. The highest BCUT2D eigenvalue weighted by Crippen LogP contribution is 2.23. The standard InChI is InChI=1S/C17H11F2N3O4S/c18-13-8-11(9-14(19)15(13)17(23)24)22-27(25,26)12-4-2-10(3-5-12)16-20-6-1-7-21-16/h1-9,22H,(H,23,24). The SMILES string of the molecule is O=C(O)c1c(F)cc(NS(=O)(=O)c2ccc(-c3ncccn3)cc2)cc1F. The van der Waals surface area contributed by atoms with Gasteiger partial charge in [-0.1, -0.05) is 0 Å². The van der Waals surface area contributed by atoms with Crippen LogP contribution in [0.5, 0.6) is 0 Å². The largest absolute Gasteiger partial charge is 0.477 e. The summed E-state index contributed by atoms with van der Waals surface area (Å²) in [6.45, 7) is 0. The lowest BCUT2D eigenvalue weighted by molar-refractivity contribution is 0.0686. The highest BCUT2D eigenvalue weighted by Gasteiger charge is 2.21. The van der Waals surface area contributed by atoms with E-state index in [0.717, 1.165) is 0 Å². The summed E-state index contributed by atoms with van der Waals surface area (Å²) in [5.41, 5.74) is -1.02. The minimum absolute atomic E-state index is 0.162. The Labute approximate surface area is 152 Å². The first-order valence-corrected chi connectivity index (χ1v) is 8.89. The molecule has 138 valence electrons. The fourth-order valence-electron chi connectivity index (χ4n) is 2.28. The number of rotatable bonds is 5. The van der Waals surface area contributed by atoms with Crippen LogP contribution in [0.2, 0.25) is 0 Å². The van der Waals surface area contributed by atoms with Crippen LogP contribution in [0.4, 0.5) is 14.5 Å². The van der Waals surface area contributed by atoms with Crippen LogP contribution < -0.4 is 4.72 Å². The van der Waals surface area contributed by atoms with Gasteiger partial charge < -0.3 is 5.11 Å². The molecule has 7 nitrogen and oxygen atoms in total. The van der Waals surface area contributed by atoms with Gasteiger partial charge in [0.1, 0.15) is 17.2 Å². The first-order chi connectivity index (χ1) is 12.8. The highest BCUT2D eigenvalue weighted by atomic mass is 32.2. The number of nitrogens with zero attached hydrogens (tertiary/aromatic N) is 2. The number of halogens is 2. The summed E-state index contributed by atoms with van der Waals surface area (Å²) in [5.74, 6) is -4.17. The number of hydrogen-bond donors (Lipinski definition) is 2. The molecule has 0 aliphatic carbocycles. The Morgan fingerprint density at radius 1 is 1.00 bits per heavy atom. The second kappa shape index (κ2) is 7.08. The van der Waals surface area contributed by atoms with E-state index in [9.17, 15) is 22.0 Å². The van der Waals surface area contributed by atoms with E-state index in [0.29, 0.717) is 23.5 Å². The van der Waals surface area contributed by atoms with Crippen molar-refractivity contribution < 1.29 is 27.1 Å². The van der Waals surface area contributed by atoms with Gasteiger partial charge in [-0.05, 0) is 42.5 Å². The molecule has 0 aliphatic rings. The molecule has 0 amide bonds. The second-order valence-corrected chi connectivity index (χ2v) is 7.00. The number of carbonyl (C=O) groups is 1. The number of sulfonamides is 1. The summed E-state index contributed by atoms with van der Waals surface area (Å²) in [6, 6.07) is 8.36. The van der Waals surface area contributed by atoms with Gasteiger partial charge in [-0.15, -0.1) is 0 Å². The number of nitrogens with one attached hydrogen (secondary N) is 1. The lowest BCUT2D eigenvalue weighted by Crippen LogP contribution is -2.14. The molecule has 3 rings (SSSR count). The maximum Gasteiger partial charge on any atom is 0.341 e. The zero-order valence-corrected chi connectivity index (χ0v) is 14.2. The molecule has 1 aromatic heterocycles. The summed E-state index contributed by atoms with van der Waals surface area (Å²) in [7, 11) is -4.15. The molecular formula is C17H11F2N3O4S. The lowest BCUT2D eigenvalue weighted by atomic mass is 10.2. The van der Waals surface area contributed by atoms with E-state index < -0.39 is 38.9 Å². The van der Waals surface area contributed by atoms with Crippen molar-refractivity contribution in [1.29, 1.82) is 0 Å². The minimum atomic E-state index is -4.15. The van der Waals surface area contributed by atoms with Crippen LogP contribution in [0.15, 0.2) is 59.8 Å². The monoisotopic (exact) mass is 391 g/mol. The summed E-state index contributed by atoms with van der Waals surface area (Å²) in [5, 5.41) is 8.74. The van der Waals surface area contributed by atoms with Gasteiger partial charge in [-0.2, -0.15) is 0 Å². The van der Waals surface area contributed by atoms with Crippen molar-refractivity contribution in [3.05, 3.63) is 72.1 Å². The average molecular weight is 391 g/mol. The zero-order chi connectivity index (χ0) is 19.6. The van der Waals surface area contributed by atoms with Crippen molar-refractivity contribution in [2.75, 3.05) is 4.72 Å². The first kappa shape index (κ1) is 18.4. The molecule has 0 saturated heterocycles. The van der Waals surface area contributed by atoms with Gasteiger partial charge in [0.15, 0.2) is 5.82 Å². The second-order valence-electron chi connectivity index (χ2n) is 5.32. The third-order valence-electron chi connectivity index (χ3n) is 3.50. The van der Waals surface area contributed by atoms with Gasteiger partial charge in [-0.25, -0.2) is 32.0 Å². The molecule has 10 heteroatoms. The molecule has 0 bridgehead atoms. The van der Waals surface area contributed by atoms with Crippen molar-refractivity contribution in [2.24, 2.45) is 0 Å². The molecule has 0 spiro atoms. The quantitative estimate of drug-likeness (QED) is 0.692. The van der Waals surface area contributed by atoms with E-state index in [4.69, 9.17) is 5.11 Å². The molecule has 3 aromatic rings. The molecule has 0 radical (unpaired) electrons. The number of hydrogen-bond acceptors (Lipinski definition) is 5. The fourth-order valence-corrected chi connectivity index (χ4v) is 3.32. The van der Waals surface area contributed by atoms with Crippen LogP contribution in [0, 0.1) is 11.6 Å². The van der Waals surface area contributed by atoms with E-state index >= 15 is 0 Å². The van der Waals surface area contributed by atoms with Crippen molar-refractivity contribution in [1.82, 2.24) is 9.97 Å². The molecule has 2 N–H and O–H groups in total. The van der Waals surface area contributed by atoms with Crippen LogP contribution in [0.3, 0.4) is 0 Å². The van der Waals surface area contributed by atoms with Crippen molar-refractivity contribution in [3.63, 3.8) is 0 Å². The van der Waals surface area contributed by atoms with Crippen LogP contribution in [0.1, 0.15) is 10.4 Å². The molecule has 0 aliphatic heterocycles. The Bertz CT molecular complexity index is 1080. The molecule has 0 unspecified atom stereocenters. The Hall–Kier alpha value is -3.40. The van der Waals surface area contributed by atoms with Crippen LogP contribution in [-0.4, -0.2) is 29.5 Å². The molecule has 0 saturated carbocycles. The Morgan fingerprint density at radius 3 is 2.07 bits per heavy atom. The predicted octanol–water partition coefficient (Wildman–Crippen LogP) is 2.92. The topological polar surface area (TPSA) is 109 Å². The summed E-state index contributed by atoms with van der Waals surface area (Å²) in [6.07, 6.45) is 3.08. The van der Waals surface area contributed by atoms with Gasteiger partial charge in [0, 0.05) is 18.0 Å². The number of benzene rings is 2. The smallest absolute Gasteiger partial charge is 0.341 e. The zero-order valence-electron chi connectivity index (χ0n) is 13.4. The van der Waals surface area contributed by atoms with Gasteiger partial charge in [0.2, 0.25) is 0 Å². The van der Waals surface area contributed by atoms with Crippen molar-refractivity contribution in [3.8, 4) is 11.4 Å². The molecule has 0 atom stereocenters. The number of carboxylic acids is 1. The van der Waals surface area contributed by atoms with E-state index in [1.54, 1.807) is 18.5 Å². The van der Waals surface area contributed by atoms with E-state index in [1.807, 2.05) is 4.72 Å². The predicted molar refractivity (Wildman–Crippen MR) is 91.6 cm³/mol.